The lowest BCUT2D eigenvalue weighted by Crippen LogP contribution is -2.03. The van der Waals surface area contributed by atoms with E-state index < -0.39 is 0 Å². The molecule has 0 saturated carbocycles. The summed E-state index contributed by atoms with van der Waals surface area (Å²) in [6.45, 7) is 0.568. The van der Waals surface area contributed by atoms with Crippen LogP contribution in [0.3, 0.4) is 0 Å². The van der Waals surface area contributed by atoms with Crippen LogP contribution in [0, 0.1) is 0 Å². The Labute approximate surface area is 102 Å². The van der Waals surface area contributed by atoms with Crippen LogP contribution in [-0.2, 0) is 6.42 Å². The summed E-state index contributed by atoms with van der Waals surface area (Å²) in [6.07, 6.45) is 2.52. The number of fused-ring (bicyclic) bond motifs is 1. The second-order valence-corrected chi connectivity index (χ2v) is 4.14. The van der Waals surface area contributed by atoms with E-state index in [2.05, 4.69) is 20.2 Å². The standard InChI is InChI=1S/C12H13N5O/c13-4-3-9-8(6-14-17-9)7-1-2-10-11(5-7)16-12(18)15-10/h1-2,5-6H,3-4,13H2,(H,14,17)(H2,15,16,18). The molecule has 1 aromatic carbocycles. The lowest BCUT2D eigenvalue weighted by atomic mass is 10.0. The van der Waals surface area contributed by atoms with E-state index in [1.165, 1.54) is 0 Å². The summed E-state index contributed by atoms with van der Waals surface area (Å²) in [5.41, 5.74) is 9.99. The number of nitrogens with one attached hydrogen (secondary N) is 3. The first kappa shape index (κ1) is 10.8. The first-order valence-electron chi connectivity index (χ1n) is 5.72. The van der Waals surface area contributed by atoms with Gasteiger partial charge in [-0.1, -0.05) is 6.07 Å². The van der Waals surface area contributed by atoms with Gasteiger partial charge in [-0.15, -0.1) is 0 Å². The summed E-state index contributed by atoms with van der Waals surface area (Å²) in [5.74, 6) is 0. The molecule has 0 radical (unpaired) electrons. The fraction of sp³-hybridized carbons (Fsp3) is 0.167. The molecule has 0 spiro atoms. The monoisotopic (exact) mass is 243 g/mol. The number of hydrogen-bond acceptors (Lipinski definition) is 3. The maximum absolute atomic E-state index is 11.2. The molecule has 3 aromatic rings. The summed E-state index contributed by atoms with van der Waals surface area (Å²) in [4.78, 5) is 16.7. The molecule has 0 amide bonds. The Morgan fingerprint density at radius 2 is 2.06 bits per heavy atom. The molecule has 2 aromatic heterocycles. The second-order valence-electron chi connectivity index (χ2n) is 4.14. The molecule has 3 rings (SSSR count). The van der Waals surface area contributed by atoms with Gasteiger partial charge in [0.05, 0.1) is 17.2 Å². The van der Waals surface area contributed by atoms with E-state index in [4.69, 9.17) is 5.73 Å². The van der Waals surface area contributed by atoms with E-state index in [1.807, 2.05) is 18.2 Å². The fourth-order valence-corrected chi connectivity index (χ4v) is 2.10. The third-order valence-electron chi connectivity index (χ3n) is 2.94. The summed E-state index contributed by atoms with van der Waals surface area (Å²) < 4.78 is 0. The molecule has 18 heavy (non-hydrogen) atoms. The third-order valence-corrected chi connectivity index (χ3v) is 2.94. The van der Waals surface area contributed by atoms with E-state index >= 15 is 0 Å². The Morgan fingerprint density at radius 1 is 1.22 bits per heavy atom. The van der Waals surface area contributed by atoms with Crippen LogP contribution in [0.5, 0.6) is 0 Å². The van der Waals surface area contributed by atoms with Crippen LogP contribution < -0.4 is 11.4 Å². The number of rotatable bonds is 3. The Kier molecular flexibility index (Phi) is 2.49. The largest absolute Gasteiger partial charge is 0.330 e. The topological polar surface area (TPSA) is 103 Å². The number of nitrogens with two attached hydrogens (primary N) is 1. The van der Waals surface area contributed by atoms with E-state index in [0.717, 1.165) is 34.3 Å². The molecule has 5 N–H and O–H groups in total. The maximum atomic E-state index is 11.2. The predicted molar refractivity (Wildman–Crippen MR) is 69.3 cm³/mol. The van der Waals surface area contributed by atoms with Gasteiger partial charge in [0.1, 0.15) is 0 Å². The highest BCUT2D eigenvalue weighted by molar-refractivity contribution is 5.81. The second kappa shape index (κ2) is 4.15. The van der Waals surface area contributed by atoms with Crippen molar-refractivity contribution in [2.24, 2.45) is 5.73 Å². The van der Waals surface area contributed by atoms with E-state index in [1.54, 1.807) is 6.20 Å². The van der Waals surface area contributed by atoms with Gasteiger partial charge in [-0.25, -0.2) is 4.79 Å². The fourth-order valence-electron chi connectivity index (χ4n) is 2.10. The minimum absolute atomic E-state index is 0.198. The zero-order chi connectivity index (χ0) is 12.5. The van der Waals surface area contributed by atoms with Gasteiger partial charge in [0.15, 0.2) is 0 Å². The number of hydrogen-bond donors (Lipinski definition) is 4. The molecule has 0 aliphatic carbocycles. The van der Waals surface area contributed by atoms with Gasteiger partial charge in [-0.05, 0) is 24.2 Å². The molecule has 0 atom stereocenters. The SMILES string of the molecule is NCCc1[nH]ncc1-c1ccc2[nH]c(=O)[nH]c2c1. The number of benzene rings is 1. The number of nitrogens with zero attached hydrogens (tertiary/aromatic N) is 1. The summed E-state index contributed by atoms with van der Waals surface area (Å²) >= 11 is 0. The molecule has 6 nitrogen and oxygen atoms in total. The van der Waals surface area contributed by atoms with Gasteiger partial charge in [-0.2, -0.15) is 5.10 Å². The van der Waals surface area contributed by atoms with Crippen molar-refractivity contribution >= 4 is 11.0 Å². The van der Waals surface area contributed by atoms with Crippen molar-refractivity contribution in [2.75, 3.05) is 6.54 Å². The number of H-pyrrole nitrogens is 3. The molecule has 0 bridgehead atoms. The Balaban J connectivity index is 2.12. The van der Waals surface area contributed by atoms with Crippen LogP contribution in [-0.4, -0.2) is 26.7 Å². The molecular formula is C12H13N5O. The van der Waals surface area contributed by atoms with E-state index in [9.17, 15) is 4.79 Å². The Hall–Kier alpha value is -2.34. The molecule has 2 heterocycles. The number of imidazole rings is 1. The van der Waals surface area contributed by atoms with Crippen LogP contribution in [0.2, 0.25) is 0 Å². The lowest BCUT2D eigenvalue weighted by molar-refractivity contribution is 0.902. The smallest absolute Gasteiger partial charge is 0.323 e. The average Bonchev–Trinajstić information content (AvgIpc) is 2.93. The number of aromatic nitrogens is 4. The van der Waals surface area contributed by atoms with Crippen molar-refractivity contribution in [3.63, 3.8) is 0 Å². The van der Waals surface area contributed by atoms with Gasteiger partial charge in [0, 0.05) is 17.7 Å². The highest BCUT2D eigenvalue weighted by Gasteiger charge is 2.08. The summed E-state index contributed by atoms with van der Waals surface area (Å²) in [5, 5.41) is 6.99. The van der Waals surface area contributed by atoms with Crippen LogP contribution in [0.25, 0.3) is 22.2 Å². The molecule has 0 saturated heterocycles. The van der Waals surface area contributed by atoms with Crippen molar-refractivity contribution < 1.29 is 0 Å². The van der Waals surface area contributed by atoms with Crippen LogP contribution in [0.4, 0.5) is 0 Å². The van der Waals surface area contributed by atoms with Crippen molar-refractivity contribution in [1.82, 2.24) is 20.2 Å². The zero-order valence-electron chi connectivity index (χ0n) is 9.66. The molecule has 0 fully saturated rings. The zero-order valence-corrected chi connectivity index (χ0v) is 9.66. The molecule has 0 aliphatic heterocycles. The average molecular weight is 243 g/mol. The third kappa shape index (κ3) is 1.72. The summed E-state index contributed by atoms with van der Waals surface area (Å²) in [7, 11) is 0. The highest BCUT2D eigenvalue weighted by Crippen LogP contribution is 2.24. The van der Waals surface area contributed by atoms with Gasteiger partial charge in [-0.3, -0.25) is 5.10 Å². The van der Waals surface area contributed by atoms with Crippen molar-refractivity contribution in [3.8, 4) is 11.1 Å². The van der Waals surface area contributed by atoms with Crippen LogP contribution in [0.1, 0.15) is 5.69 Å². The van der Waals surface area contributed by atoms with Crippen molar-refractivity contribution in [3.05, 3.63) is 40.6 Å². The predicted octanol–water partition coefficient (Wildman–Crippen LogP) is 0.747. The molecule has 92 valence electrons. The molecule has 0 unspecified atom stereocenters. The summed E-state index contributed by atoms with van der Waals surface area (Å²) in [6, 6.07) is 5.76. The quantitative estimate of drug-likeness (QED) is 0.545. The van der Waals surface area contributed by atoms with E-state index in [-0.39, 0.29) is 5.69 Å². The van der Waals surface area contributed by atoms with E-state index in [0.29, 0.717) is 6.54 Å². The first-order valence-corrected chi connectivity index (χ1v) is 5.72. The normalized spacial score (nSPS) is 11.2. The minimum Gasteiger partial charge on any atom is -0.330 e. The molecular weight excluding hydrogens is 230 g/mol. The van der Waals surface area contributed by atoms with Gasteiger partial charge < -0.3 is 15.7 Å². The Morgan fingerprint density at radius 3 is 2.89 bits per heavy atom. The lowest BCUT2D eigenvalue weighted by Gasteiger charge is -2.02. The highest BCUT2D eigenvalue weighted by atomic mass is 16.1. The molecule has 6 heteroatoms. The molecule has 0 aliphatic rings. The van der Waals surface area contributed by atoms with Crippen LogP contribution >= 0.6 is 0 Å². The van der Waals surface area contributed by atoms with Gasteiger partial charge >= 0.3 is 5.69 Å². The Bertz CT molecular complexity index is 736. The van der Waals surface area contributed by atoms with Gasteiger partial charge in [0.25, 0.3) is 0 Å². The van der Waals surface area contributed by atoms with Gasteiger partial charge in [0.2, 0.25) is 0 Å². The minimum atomic E-state index is -0.198. The van der Waals surface area contributed by atoms with Crippen molar-refractivity contribution in [2.45, 2.75) is 6.42 Å². The first-order chi connectivity index (χ1) is 8.78. The van der Waals surface area contributed by atoms with Crippen molar-refractivity contribution in [1.29, 1.82) is 0 Å². The number of aromatic amines is 3. The van der Waals surface area contributed by atoms with Crippen LogP contribution in [0.15, 0.2) is 29.2 Å². The maximum Gasteiger partial charge on any atom is 0.323 e.